The largest absolute Gasteiger partial charge is 0.381 e. The number of pyridine rings is 2. The third-order valence-electron chi connectivity index (χ3n) is 5.88. The second-order valence-electron chi connectivity index (χ2n) is 8.81. The van der Waals surface area contributed by atoms with Gasteiger partial charge in [-0.05, 0) is 51.3 Å². The van der Waals surface area contributed by atoms with E-state index in [1.807, 2.05) is 19.1 Å². The van der Waals surface area contributed by atoms with Crippen LogP contribution in [0.3, 0.4) is 0 Å². The van der Waals surface area contributed by atoms with Crippen molar-refractivity contribution in [2.24, 2.45) is 0 Å². The molecule has 1 aliphatic rings. The maximum absolute atomic E-state index is 12.9. The number of carbonyl (C=O) groups is 2. The molecule has 168 valence electrons. The predicted octanol–water partition coefficient (Wildman–Crippen LogP) is 2.44. The lowest BCUT2D eigenvalue weighted by Gasteiger charge is -2.40. The first kappa shape index (κ1) is 21.9. The minimum Gasteiger partial charge on any atom is -0.381 e. The first-order chi connectivity index (χ1) is 15.2. The smallest absolute Gasteiger partial charge is 0.253 e. The van der Waals surface area contributed by atoms with Crippen molar-refractivity contribution in [3.8, 4) is 11.3 Å². The molecule has 0 aliphatic carbocycles. The Bertz CT molecular complexity index is 1140. The summed E-state index contributed by atoms with van der Waals surface area (Å²) in [4.78, 5) is 38.1. The summed E-state index contributed by atoms with van der Waals surface area (Å²) in [6, 6.07) is 3.70. The summed E-state index contributed by atoms with van der Waals surface area (Å²) in [5, 5.41) is 16.9. The van der Waals surface area contributed by atoms with Gasteiger partial charge < -0.3 is 14.9 Å². The van der Waals surface area contributed by atoms with Crippen molar-refractivity contribution in [2.75, 3.05) is 18.0 Å². The summed E-state index contributed by atoms with van der Waals surface area (Å²) >= 11 is 0. The number of carbonyl (C=O) groups excluding carboxylic acids is 2. The first-order valence-corrected chi connectivity index (χ1v) is 10.7. The van der Waals surface area contributed by atoms with E-state index in [2.05, 4.69) is 15.2 Å². The van der Waals surface area contributed by atoms with Gasteiger partial charge in [-0.2, -0.15) is 5.10 Å². The second-order valence-corrected chi connectivity index (χ2v) is 8.81. The van der Waals surface area contributed by atoms with E-state index in [1.165, 1.54) is 13.8 Å². The molecule has 1 aliphatic heterocycles. The van der Waals surface area contributed by atoms with E-state index in [9.17, 15) is 14.7 Å². The van der Waals surface area contributed by atoms with Crippen molar-refractivity contribution in [3.63, 3.8) is 0 Å². The third-order valence-corrected chi connectivity index (χ3v) is 5.88. The fourth-order valence-corrected chi connectivity index (χ4v) is 4.31. The van der Waals surface area contributed by atoms with E-state index in [0.29, 0.717) is 37.0 Å². The molecule has 4 rings (SSSR count). The highest BCUT2D eigenvalue weighted by Crippen LogP contribution is 2.33. The highest BCUT2D eigenvalue weighted by Gasteiger charge is 2.35. The molecule has 2 N–H and O–H groups in total. The van der Waals surface area contributed by atoms with Gasteiger partial charge >= 0.3 is 0 Å². The van der Waals surface area contributed by atoms with Gasteiger partial charge in [0.1, 0.15) is 11.1 Å². The van der Waals surface area contributed by atoms with Crippen LogP contribution < -0.4 is 4.90 Å². The van der Waals surface area contributed by atoms with Crippen molar-refractivity contribution in [1.82, 2.24) is 25.1 Å². The van der Waals surface area contributed by atoms with Crippen LogP contribution in [0.25, 0.3) is 22.3 Å². The van der Waals surface area contributed by atoms with Gasteiger partial charge in [0.15, 0.2) is 0 Å². The number of aromatic nitrogens is 4. The van der Waals surface area contributed by atoms with Crippen molar-refractivity contribution < 1.29 is 14.7 Å². The highest BCUT2D eigenvalue weighted by atomic mass is 16.3. The Labute approximate surface area is 186 Å². The number of rotatable bonds is 4. The maximum atomic E-state index is 12.9. The molecule has 2 amide bonds. The van der Waals surface area contributed by atoms with Crippen LogP contribution in [-0.2, 0) is 9.59 Å². The Kier molecular flexibility index (Phi) is 5.68. The van der Waals surface area contributed by atoms with E-state index in [1.54, 1.807) is 35.3 Å². The number of aliphatic hydroxyl groups is 1. The van der Waals surface area contributed by atoms with E-state index in [4.69, 9.17) is 4.98 Å². The number of fused-ring (bicyclic) bond motifs is 1. The van der Waals surface area contributed by atoms with Crippen LogP contribution in [0.4, 0.5) is 5.69 Å². The monoisotopic (exact) mass is 436 g/mol. The van der Waals surface area contributed by atoms with Gasteiger partial charge in [-0.25, -0.2) is 4.98 Å². The number of anilines is 1. The molecule has 1 saturated heterocycles. The van der Waals surface area contributed by atoms with E-state index in [-0.39, 0.29) is 17.9 Å². The van der Waals surface area contributed by atoms with Crippen LogP contribution in [0, 0.1) is 6.92 Å². The fraction of sp³-hybridized carbons (Fsp3) is 0.435. The lowest BCUT2D eigenvalue weighted by atomic mass is 9.98. The van der Waals surface area contributed by atoms with Gasteiger partial charge in [0.25, 0.3) is 5.91 Å². The zero-order valence-corrected chi connectivity index (χ0v) is 18.8. The van der Waals surface area contributed by atoms with Crippen LogP contribution >= 0.6 is 0 Å². The standard InChI is InChI=1S/C23H28N6O3/c1-14-11-24-19-6-5-18(16-12-25-26-13-16)27-20(19)21(14)29(15(2)30)17-7-9-28(10-8-17)22(31)23(3,4)32/h5-6,11-13,17,32H,7-10H2,1-4H3,(H,25,26). The summed E-state index contributed by atoms with van der Waals surface area (Å²) in [6.45, 7) is 7.44. The van der Waals surface area contributed by atoms with Crippen molar-refractivity contribution in [1.29, 1.82) is 0 Å². The molecule has 0 aromatic carbocycles. The summed E-state index contributed by atoms with van der Waals surface area (Å²) in [6.07, 6.45) is 6.47. The molecule has 4 heterocycles. The summed E-state index contributed by atoms with van der Waals surface area (Å²) in [5.74, 6) is -0.370. The third kappa shape index (κ3) is 4.08. The van der Waals surface area contributed by atoms with Crippen LogP contribution in [0.15, 0.2) is 30.7 Å². The van der Waals surface area contributed by atoms with Gasteiger partial charge in [-0.1, -0.05) is 0 Å². The Morgan fingerprint density at radius 1 is 1.22 bits per heavy atom. The predicted molar refractivity (Wildman–Crippen MR) is 121 cm³/mol. The molecule has 3 aromatic rings. The topological polar surface area (TPSA) is 115 Å². The number of nitrogens with zero attached hydrogens (tertiary/aromatic N) is 5. The van der Waals surface area contributed by atoms with Crippen LogP contribution in [0.5, 0.6) is 0 Å². The minimum absolute atomic E-state index is 0.0802. The number of hydrogen-bond acceptors (Lipinski definition) is 6. The number of likely N-dealkylation sites (tertiary alicyclic amines) is 1. The van der Waals surface area contributed by atoms with E-state index >= 15 is 0 Å². The van der Waals surface area contributed by atoms with E-state index < -0.39 is 5.60 Å². The normalized spacial score (nSPS) is 15.2. The van der Waals surface area contributed by atoms with Crippen molar-refractivity contribution in [2.45, 2.75) is 52.2 Å². The fourth-order valence-electron chi connectivity index (χ4n) is 4.31. The van der Waals surface area contributed by atoms with Crippen molar-refractivity contribution in [3.05, 3.63) is 36.3 Å². The quantitative estimate of drug-likeness (QED) is 0.649. The number of hydrogen-bond donors (Lipinski definition) is 2. The average Bonchev–Trinajstić information content (AvgIpc) is 3.29. The molecule has 1 fully saturated rings. The molecule has 0 unspecified atom stereocenters. The summed E-state index contributed by atoms with van der Waals surface area (Å²) in [7, 11) is 0. The van der Waals surface area contributed by atoms with Gasteiger partial charge in [0, 0.05) is 44.0 Å². The Hall–Kier alpha value is -3.33. The van der Waals surface area contributed by atoms with Crippen molar-refractivity contribution >= 4 is 28.5 Å². The molecule has 3 aromatic heterocycles. The molecular formula is C23H28N6O3. The van der Waals surface area contributed by atoms with E-state index in [0.717, 1.165) is 22.5 Å². The Morgan fingerprint density at radius 2 is 1.94 bits per heavy atom. The SMILES string of the molecule is CC(=O)N(c1c(C)cnc2ccc(-c3cn[nH]c3)nc12)C1CCN(C(=O)C(C)(C)O)CC1. The lowest BCUT2D eigenvalue weighted by Crippen LogP contribution is -2.52. The second kappa shape index (κ2) is 8.31. The Balaban J connectivity index is 1.71. The minimum atomic E-state index is -1.40. The first-order valence-electron chi connectivity index (χ1n) is 10.7. The van der Waals surface area contributed by atoms with Gasteiger partial charge in [0.2, 0.25) is 5.91 Å². The molecule has 0 spiro atoms. The molecule has 9 heteroatoms. The number of piperidine rings is 1. The maximum Gasteiger partial charge on any atom is 0.253 e. The van der Waals surface area contributed by atoms with Crippen LogP contribution in [-0.4, -0.2) is 66.7 Å². The molecule has 0 radical (unpaired) electrons. The highest BCUT2D eigenvalue weighted by molar-refractivity contribution is 6.02. The molecule has 0 atom stereocenters. The molecule has 32 heavy (non-hydrogen) atoms. The lowest BCUT2D eigenvalue weighted by molar-refractivity contribution is -0.148. The molecular weight excluding hydrogens is 408 g/mol. The molecule has 9 nitrogen and oxygen atoms in total. The van der Waals surface area contributed by atoms with Crippen LogP contribution in [0.1, 0.15) is 39.2 Å². The summed E-state index contributed by atoms with van der Waals surface area (Å²) < 4.78 is 0. The number of amides is 2. The van der Waals surface area contributed by atoms with Crippen LogP contribution in [0.2, 0.25) is 0 Å². The number of aromatic amines is 1. The average molecular weight is 437 g/mol. The zero-order valence-electron chi connectivity index (χ0n) is 18.8. The number of aryl methyl sites for hydroxylation is 1. The van der Waals surface area contributed by atoms with Gasteiger partial charge in [-0.15, -0.1) is 0 Å². The Morgan fingerprint density at radius 3 is 2.53 bits per heavy atom. The number of nitrogens with one attached hydrogen (secondary N) is 1. The summed E-state index contributed by atoms with van der Waals surface area (Å²) in [5.41, 5.74) is 3.17. The zero-order chi connectivity index (χ0) is 23.0. The molecule has 0 bridgehead atoms. The van der Waals surface area contributed by atoms with Gasteiger partial charge in [-0.3, -0.25) is 19.7 Å². The van der Waals surface area contributed by atoms with Gasteiger partial charge in [0.05, 0.1) is 23.1 Å². The molecule has 0 saturated carbocycles. The number of H-pyrrole nitrogens is 1.